The Morgan fingerprint density at radius 2 is 1.94 bits per heavy atom. The van der Waals surface area contributed by atoms with Gasteiger partial charge < -0.3 is 4.90 Å². The van der Waals surface area contributed by atoms with Gasteiger partial charge in [0.15, 0.2) is 0 Å². The zero-order valence-electron chi connectivity index (χ0n) is 10.3. The molecule has 1 saturated carbocycles. The van der Waals surface area contributed by atoms with Gasteiger partial charge in [-0.15, -0.1) is 0 Å². The van der Waals surface area contributed by atoms with Crippen molar-refractivity contribution in [3.8, 4) is 6.07 Å². The Kier molecular flexibility index (Phi) is 4.15. The molecule has 0 aromatic carbocycles. The van der Waals surface area contributed by atoms with Crippen molar-refractivity contribution < 1.29 is 13.2 Å². The van der Waals surface area contributed by atoms with E-state index in [1.54, 1.807) is 7.05 Å². The van der Waals surface area contributed by atoms with Crippen molar-refractivity contribution in [3.63, 3.8) is 0 Å². The SMILES string of the molecule is CN(CCS(C)(=O)=O)C(=O)C1(C#N)CCCC1. The van der Waals surface area contributed by atoms with Gasteiger partial charge in [0.2, 0.25) is 5.91 Å². The van der Waals surface area contributed by atoms with Crippen molar-refractivity contribution in [2.75, 3.05) is 25.6 Å². The van der Waals surface area contributed by atoms with Gasteiger partial charge in [-0.25, -0.2) is 8.42 Å². The summed E-state index contributed by atoms with van der Waals surface area (Å²) in [6, 6.07) is 2.11. The Labute approximate surface area is 102 Å². The molecule has 1 amide bonds. The number of nitriles is 1. The normalized spacial score (nSPS) is 18.6. The minimum Gasteiger partial charge on any atom is -0.343 e. The summed E-state index contributed by atoms with van der Waals surface area (Å²) in [5, 5.41) is 9.15. The average Bonchev–Trinajstić information content (AvgIpc) is 2.73. The molecule has 1 aliphatic rings. The van der Waals surface area contributed by atoms with Crippen LogP contribution < -0.4 is 0 Å². The molecule has 0 aliphatic heterocycles. The molecular formula is C11H18N2O3S. The van der Waals surface area contributed by atoms with Crippen LogP contribution in [0.25, 0.3) is 0 Å². The molecule has 6 heteroatoms. The van der Waals surface area contributed by atoms with Crippen LogP contribution in [-0.4, -0.2) is 44.8 Å². The van der Waals surface area contributed by atoms with Gasteiger partial charge in [0, 0.05) is 19.8 Å². The first-order chi connectivity index (χ1) is 7.81. The maximum atomic E-state index is 12.1. The van der Waals surface area contributed by atoms with Gasteiger partial charge in [0.25, 0.3) is 0 Å². The van der Waals surface area contributed by atoms with Crippen LogP contribution in [-0.2, 0) is 14.6 Å². The molecule has 5 nitrogen and oxygen atoms in total. The number of nitrogens with zero attached hydrogens (tertiary/aromatic N) is 2. The minimum atomic E-state index is -3.08. The zero-order valence-corrected chi connectivity index (χ0v) is 11.1. The highest BCUT2D eigenvalue weighted by Gasteiger charge is 2.43. The van der Waals surface area contributed by atoms with Crippen LogP contribution in [0, 0.1) is 16.7 Å². The van der Waals surface area contributed by atoms with Gasteiger partial charge in [-0.3, -0.25) is 4.79 Å². The Morgan fingerprint density at radius 3 is 2.35 bits per heavy atom. The Hall–Kier alpha value is -1.09. The van der Waals surface area contributed by atoms with E-state index in [9.17, 15) is 13.2 Å². The molecule has 0 heterocycles. The van der Waals surface area contributed by atoms with E-state index < -0.39 is 15.3 Å². The first-order valence-corrected chi connectivity index (χ1v) is 7.71. The molecule has 0 unspecified atom stereocenters. The number of carbonyl (C=O) groups is 1. The van der Waals surface area contributed by atoms with Gasteiger partial charge >= 0.3 is 0 Å². The van der Waals surface area contributed by atoms with Gasteiger partial charge in [-0.05, 0) is 12.8 Å². The van der Waals surface area contributed by atoms with Crippen LogP contribution in [0.5, 0.6) is 0 Å². The summed E-state index contributed by atoms with van der Waals surface area (Å²) in [6.07, 6.45) is 4.09. The van der Waals surface area contributed by atoms with Crippen molar-refractivity contribution in [2.45, 2.75) is 25.7 Å². The van der Waals surface area contributed by atoms with E-state index in [1.165, 1.54) is 4.90 Å². The van der Waals surface area contributed by atoms with E-state index in [-0.39, 0.29) is 18.2 Å². The van der Waals surface area contributed by atoms with Crippen molar-refractivity contribution in [2.24, 2.45) is 5.41 Å². The first-order valence-electron chi connectivity index (χ1n) is 5.65. The fourth-order valence-corrected chi connectivity index (χ4v) is 2.73. The number of hydrogen-bond donors (Lipinski definition) is 0. The van der Waals surface area contributed by atoms with E-state index >= 15 is 0 Å². The molecule has 0 aromatic heterocycles. The van der Waals surface area contributed by atoms with E-state index in [1.807, 2.05) is 0 Å². The molecule has 1 rings (SSSR count). The number of rotatable bonds is 4. The van der Waals surface area contributed by atoms with Crippen LogP contribution in [0.15, 0.2) is 0 Å². The molecule has 1 aliphatic carbocycles. The lowest BCUT2D eigenvalue weighted by Crippen LogP contribution is -2.41. The second kappa shape index (κ2) is 5.05. The van der Waals surface area contributed by atoms with Crippen LogP contribution in [0.1, 0.15) is 25.7 Å². The van der Waals surface area contributed by atoms with E-state index in [4.69, 9.17) is 5.26 Å². The van der Waals surface area contributed by atoms with Crippen LogP contribution >= 0.6 is 0 Å². The predicted molar refractivity (Wildman–Crippen MR) is 63.9 cm³/mol. The van der Waals surface area contributed by atoms with Gasteiger partial charge in [-0.2, -0.15) is 5.26 Å². The third-order valence-electron chi connectivity index (χ3n) is 3.22. The standard InChI is InChI=1S/C11H18N2O3S/c1-13(7-8-17(2,15)16)10(14)11(9-12)5-3-4-6-11/h3-8H2,1-2H3. The predicted octanol–water partition coefficient (Wildman–Crippen LogP) is 0.573. The van der Waals surface area contributed by atoms with E-state index in [2.05, 4.69) is 6.07 Å². The number of carbonyl (C=O) groups excluding carboxylic acids is 1. The molecule has 0 radical (unpaired) electrons. The third kappa shape index (κ3) is 3.43. The minimum absolute atomic E-state index is 0.0588. The molecule has 1 fully saturated rings. The molecule has 17 heavy (non-hydrogen) atoms. The lowest BCUT2D eigenvalue weighted by atomic mass is 9.86. The maximum Gasteiger partial charge on any atom is 0.242 e. The first kappa shape index (κ1) is 14.0. The fourth-order valence-electron chi connectivity index (χ4n) is 2.12. The third-order valence-corrected chi connectivity index (χ3v) is 4.15. The molecular weight excluding hydrogens is 240 g/mol. The smallest absolute Gasteiger partial charge is 0.242 e. The van der Waals surface area contributed by atoms with Gasteiger partial charge in [-0.1, -0.05) is 12.8 Å². The highest BCUT2D eigenvalue weighted by atomic mass is 32.2. The van der Waals surface area contributed by atoms with Crippen molar-refractivity contribution in [3.05, 3.63) is 0 Å². The summed E-state index contributed by atoms with van der Waals surface area (Å²) in [4.78, 5) is 13.5. The monoisotopic (exact) mass is 258 g/mol. The van der Waals surface area contributed by atoms with Crippen molar-refractivity contribution >= 4 is 15.7 Å². The second-order valence-electron chi connectivity index (χ2n) is 4.76. The fraction of sp³-hybridized carbons (Fsp3) is 0.818. The quantitative estimate of drug-likeness (QED) is 0.738. The number of hydrogen-bond acceptors (Lipinski definition) is 4. The van der Waals surface area contributed by atoms with Gasteiger partial charge in [0.1, 0.15) is 15.3 Å². The molecule has 0 spiro atoms. The molecule has 0 saturated heterocycles. The summed E-state index contributed by atoms with van der Waals surface area (Å²) in [5.74, 6) is -0.294. The lowest BCUT2D eigenvalue weighted by Gasteiger charge is -2.26. The highest BCUT2D eigenvalue weighted by Crippen LogP contribution is 2.38. The van der Waals surface area contributed by atoms with Crippen molar-refractivity contribution in [1.29, 1.82) is 5.26 Å². The van der Waals surface area contributed by atoms with E-state index in [0.717, 1.165) is 19.1 Å². The van der Waals surface area contributed by atoms with E-state index in [0.29, 0.717) is 12.8 Å². The summed E-state index contributed by atoms with van der Waals surface area (Å²) in [6.45, 7) is 0.154. The molecule has 0 bridgehead atoms. The Bertz CT molecular complexity index is 430. The summed E-state index contributed by atoms with van der Waals surface area (Å²) < 4.78 is 22.1. The molecule has 96 valence electrons. The Morgan fingerprint density at radius 1 is 1.41 bits per heavy atom. The largest absolute Gasteiger partial charge is 0.343 e. The average molecular weight is 258 g/mol. The number of sulfone groups is 1. The molecule has 0 atom stereocenters. The second-order valence-corrected chi connectivity index (χ2v) is 7.02. The highest BCUT2D eigenvalue weighted by molar-refractivity contribution is 7.90. The number of amides is 1. The zero-order chi connectivity index (χ0) is 13.1. The van der Waals surface area contributed by atoms with Crippen LogP contribution in [0.4, 0.5) is 0 Å². The maximum absolute atomic E-state index is 12.1. The lowest BCUT2D eigenvalue weighted by molar-refractivity contribution is -0.137. The summed E-state index contributed by atoms with van der Waals surface area (Å²) in [7, 11) is -1.52. The Balaban J connectivity index is 2.66. The van der Waals surface area contributed by atoms with Crippen LogP contribution in [0.2, 0.25) is 0 Å². The van der Waals surface area contributed by atoms with Crippen molar-refractivity contribution in [1.82, 2.24) is 4.90 Å². The summed E-state index contributed by atoms with van der Waals surface area (Å²) >= 11 is 0. The molecule has 0 N–H and O–H groups in total. The van der Waals surface area contributed by atoms with Gasteiger partial charge in [0.05, 0.1) is 11.8 Å². The van der Waals surface area contributed by atoms with Crippen LogP contribution in [0.3, 0.4) is 0 Å². The summed E-state index contributed by atoms with van der Waals surface area (Å²) in [5.41, 5.74) is -0.910. The topological polar surface area (TPSA) is 78.2 Å². The molecule has 0 aromatic rings.